The van der Waals surface area contributed by atoms with E-state index >= 15 is 0 Å². The van der Waals surface area contributed by atoms with Crippen molar-refractivity contribution in [3.63, 3.8) is 0 Å². The van der Waals surface area contributed by atoms with E-state index in [1.807, 2.05) is 23.2 Å². The van der Waals surface area contributed by atoms with Gasteiger partial charge in [0.2, 0.25) is 0 Å². The smallest absolute Gasteiger partial charge is 0.270 e. The van der Waals surface area contributed by atoms with Gasteiger partial charge in [0.25, 0.3) is 6.71 Å². The van der Waals surface area contributed by atoms with Crippen LogP contribution in [0.2, 0.25) is 12.6 Å². The molecule has 2 heterocycles. The van der Waals surface area contributed by atoms with Crippen LogP contribution >= 0.6 is 0 Å². The third kappa shape index (κ3) is 4.84. The average Bonchev–Trinajstić information content (AvgIpc) is 2.74. The molecule has 1 saturated heterocycles. The van der Waals surface area contributed by atoms with Gasteiger partial charge in [-0.1, -0.05) is 42.7 Å². The Bertz CT molecular complexity index is 910. The minimum absolute atomic E-state index is 0. The van der Waals surface area contributed by atoms with Crippen molar-refractivity contribution in [2.75, 3.05) is 13.1 Å². The minimum Gasteiger partial charge on any atom is -0.591 e. The number of halogens is 2. The maximum Gasteiger partial charge on any atom is 0.270 e. The molecule has 0 aliphatic carbocycles. The Balaban J connectivity index is 0.00000256. The van der Waals surface area contributed by atoms with Crippen LogP contribution in [0.3, 0.4) is 0 Å². The Hall–Kier alpha value is -1.16. The third-order valence-electron chi connectivity index (χ3n) is 6.10. The number of fused-ring (bicyclic) bond motifs is 1. The standard InChI is InChI=1S/C22H23BF2N3O.Y/c24-18-7-5-17(6-8-18)21-19-4-2-1-3-16(19)10-12-28(21)27-14-22(29)13-23(15-26)11-9-20(22)25;/h1-8,20-21,29H,9-14H2;/q-1;/t20?,21-,22?;/m0./s1. The Morgan fingerprint density at radius 1 is 1.23 bits per heavy atom. The maximum atomic E-state index is 14.5. The monoisotopic (exact) mass is 483 g/mol. The number of rotatable bonds is 4. The Morgan fingerprint density at radius 2 is 1.97 bits per heavy atom. The molecule has 1 fully saturated rings. The topological polar surface area (TPSA) is 61.4 Å². The maximum absolute atomic E-state index is 14.5. The fraction of sp³-hybridized carbons (Fsp3) is 0.409. The van der Waals surface area contributed by atoms with Crippen molar-refractivity contribution in [2.24, 2.45) is 0 Å². The predicted molar refractivity (Wildman–Crippen MR) is 109 cm³/mol. The molecule has 3 atom stereocenters. The summed E-state index contributed by atoms with van der Waals surface area (Å²) in [5.74, 6) is 1.85. The van der Waals surface area contributed by atoms with Crippen LogP contribution in [0.15, 0.2) is 48.5 Å². The van der Waals surface area contributed by atoms with Crippen LogP contribution in [0.5, 0.6) is 0 Å². The molecule has 2 aliphatic heterocycles. The van der Waals surface area contributed by atoms with Crippen molar-refractivity contribution in [2.45, 2.75) is 43.3 Å². The van der Waals surface area contributed by atoms with Gasteiger partial charge in [-0.25, -0.2) is 14.0 Å². The predicted octanol–water partition coefficient (Wildman–Crippen LogP) is 4.09. The molecule has 1 radical (unpaired) electrons. The SMILES string of the molecule is N#CB1CCC(F)C(O)(C[N-]N2CCc3ccccc3[C@@H]2c2ccc(F)cc2)C1.[Y]. The quantitative estimate of drug-likeness (QED) is 0.667. The first kappa shape index (κ1) is 23.5. The largest absolute Gasteiger partial charge is 0.591 e. The number of nitrogens with zero attached hydrogens (tertiary/aromatic N) is 3. The van der Waals surface area contributed by atoms with Crippen LogP contribution in [0.1, 0.15) is 29.2 Å². The number of nitriles is 1. The molecule has 4 nitrogen and oxygen atoms in total. The van der Waals surface area contributed by atoms with Gasteiger partial charge >= 0.3 is 0 Å². The van der Waals surface area contributed by atoms with Crippen LogP contribution < -0.4 is 0 Å². The van der Waals surface area contributed by atoms with E-state index in [-0.39, 0.29) is 70.6 Å². The molecule has 4 rings (SSSR count). The van der Waals surface area contributed by atoms with Gasteiger partial charge in [0, 0.05) is 44.7 Å². The van der Waals surface area contributed by atoms with E-state index in [1.54, 1.807) is 12.1 Å². The second-order valence-corrected chi connectivity index (χ2v) is 8.04. The Morgan fingerprint density at radius 3 is 2.70 bits per heavy atom. The summed E-state index contributed by atoms with van der Waals surface area (Å²) in [6.45, 7) is 0.178. The number of benzene rings is 2. The fourth-order valence-corrected chi connectivity index (χ4v) is 4.46. The van der Waals surface area contributed by atoms with Crippen molar-refractivity contribution in [3.05, 3.63) is 76.5 Å². The zero-order valence-corrected chi connectivity index (χ0v) is 19.6. The van der Waals surface area contributed by atoms with Gasteiger partial charge < -0.3 is 15.5 Å². The summed E-state index contributed by atoms with van der Waals surface area (Å²) in [7, 11) is 0. The van der Waals surface area contributed by atoms with Crippen molar-refractivity contribution in [3.8, 4) is 5.97 Å². The van der Waals surface area contributed by atoms with Crippen LogP contribution in [0.25, 0.3) is 5.43 Å². The zero-order chi connectivity index (χ0) is 20.4. The van der Waals surface area contributed by atoms with Crippen LogP contribution in [-0.2, 0) is 39.1 Å². The molecule has 2 unspecified atom stereocenters. The van der Waals surface area contributed by atoms with E-state index in [9.17, 15) is 19.1 Å². The van der Waals surface area contributed by atoms with Gasteiger partial charge in [-0.05, 0) is 54.5 Å². The van der Waals surface area contributed by atoms with Gasteiger partial charge in [-0.3, -0.25) is 0 Å². The van der Waals surface area contributed by atoms with Gasteiger partial charge in [-0.2, -0.15) is 0 Å². The van der Waals surface area contributed by atoms with E-state index in [0.717, 1.165) is 17.5 Å². The summed E-state index contributed by atoms with van der Waals surface area (Å²) in [5, 5.41) is 21.9. The minimum atomic E-state index is -1.62. The molecule has 2 aromatic rings. The van der Waals surface area contributed by atoms with Crippen molar-refractivity contribution in [1.29, 1.82) is 5.26 Å². The van der Waals surface area contributed by atoms with E-state index in [2.05, 4.69) is 17.5 Å². The summed E-state index contributed by atoms with van der Waals surface area (Å²) in [6, 6.07) is 14.2. The number of hydrogen-bond acceptors (Lipinski definition) is 3. The van der Waals surface area contributed by atoms with Gasteiger partial charge in [-0.15, -0.1) is 6.54 Å². The number of hydrogen-bond donors (Lipinski definition) is 1. The molecule has 153 valence electrons. The molecule has 2 aromatic carbocycles. The van der Waals surface area contributed by atoms with E-state index < -0.39 is 11.8 Å². The first-order valence-electron chi connectivity index (χ1n) is 10.0. The molecule has 8 heteroatoms. The number of aliphatic hydroxyl groups is 1. The second-order valence-electron chi connectivity index (χ2n) is 8.04. The summed E-state index contributed by atoms with van der Waals surface area (Å²) < 4.78 is 28.0. The van der Waals surface area contributed by atoms with E-state index in [1.165, 1.54) is 17.7 Å². The normalized spacial score (nSPS) is 26.4. The van der Waals surface area contributed by atoms with Crippen molar-refractivity contribution in [1.82, 2.24) is 5.01 Å². The van der Waals surface area contributed by atoms with Crippen molar-refractivity contribution >= 4 is 6.71 Å². The summed E-state index contributed by atoms with van der Waals surface area (Å²) in [5.41, 5.74) is 6.17. The van der Waals surface area contributed by atoms with Crippen molar-refractivity contribution < 1.29 is 46.6 Å². The molecule has 0 saturated carbocycles. The fourth-order valence-electron chi connectivity index (χ4n) is 4.46. The summed E-state index contributed by atoms with van der Waals surface area (Å²) in [6.07, 6.45) is 0.136. The molecule has 0 spiro atoms. The average molecular weight is 483 g/mol. The summed E-state index contributed by atoms with van der Waals surface area (Å²) >= 11 is 0. The van der Waals surface area contributed by atoms with Crippen LogP contribution in [0.4, 0.5) is 8.78 Å². The van der Waals surface area contributed by atoms with Crippen LogP contribution in [-0.4, -0.2) is 41.7 Å². The first-order valence-corrected chi connectivity index (χ1v) is 10.0. The molecule has 1 N–H and O–H groups in total. The van der Waals surface area contributed by atoms with Gasteiger partial charge in [0.1, 0.15) is 12.0 Å². The molecule has 2 aliphatic rings. The third-order valence-corrected chi connectivity index (χ3v) is 6.10. The van der Waals surface area contributed by atoms with E-state index in [0.29, 0.717) is 12.9 Å². The zero-order valence-electron chi connectivity index (χ0n) is 16.7. The second kappa shape index (κ2) is 9.97. The first-order chi connectivity index (χ1) is 14.0. The van der Waals surface area contributed by atoms with Gasteiger partial charge in [0.15, 0.2) is 0 Å². The van der Waals surface area contributed by atoms with Gasteiger partial charge in [0.05, 0.1) is 5.60 Å². The van der Waals surface area contributed by atoms with E-state index in [4.69, 9.17) is 0 Å². The van der Waals surface area contributed by atoms with Crippen LogP contribution in [0, 0.1) is 17.0 Å². The molecule has 0 amide bonds. The number of alkyl halides is 1. The molecular weight excluding hydrogens is 460 g/mol. The molecular formula is C22H23BF2N3OY-. The molecule has 0 aromatic heterocycles. The molecule has 0 bridgehead atoms. The summed E-state index contributed by atoms with van der Waals surface area (Å²) in [4.78, 5) is 0. The Labute approximate surface area is 201 Å². The molecule has 30 heavy (non-hydrogen) atoms. The Kier molecular flexibility index (Phi) is 7.81.